The maximum absolute atomic E-state index is 12.5. The molecule has 1 N–H and O–H groups in total. The average molecular weight is 384 g/mol. The van der Waals surface area contributed by atoms with Crippen molar-refractivity contribution in [3.05, 3.63) is 32.8 Å². The van der Waals surface area contributed by atoms with Gasteiger partial charge in [-0.2, -0.15) is 5.10 Å². The molecule has 1 amide bonds. The number of carbonyl (C=O) groups excluding carboxylic acids is 1. The number of aromatic nitrogens is 2. The molecule has 0 aliphatic heterocycles. The van der Waals surface area contributed by atoms with Gasteiger partial charge in [-0.3, -0.25) is 9.48 Å². The van der Waals surface area contributed by atoms with E-state index in [1.807, 2.05) is 12.1 Å². The summed E-state index contributed by atoms with van der Waals surface area (Å²) in [4.78, 5) is 13.9. The smallest absolute Gasteiger partial charge is 0.270 e. The van der Waals surface area contributed by atoms with Gasteiger partial charge in [0, 0.05) is 18.5 Å². The van der Waals surface area contributed by atoms with Crippen LogP contribution in [0.25, 0.3) is 10.6 Å². The molecular formula is C15H14ClN3O3S2. The van der Waals surface area contributed by atoms with Crippen molar-refractivity contribution in [3.63, 3.8) is 0 Å². The molecule has 0 atom stereocenters. The molecule has 0 bridgehead atoms. The fourth-order valence-corrected chi connectivity index (χ4v) is 4.03. The number of nitrogens with one attached hydrogen (secondary N) is 1. The zero-order chi connectivity index (χ0) is 17.3. The number of hydrogen-bond acceptors (Lipinski definition) is 6. The van der Waals surface area contributed by atoms with Crippen LogP contribution >= 0.6 is 34.3 Å². The van der Waals surface area contributed by atoms with Crippen molar-refractivity contribution in [1.29, 1.82) is 0 Å². The van der Waals surface area contributed by atoms with Gasteiger partial charge in [-0.1, -0.05) is 11.6 Å². The lowest BCUT2D eigenvalue weighted by Gasteiger charge is -2.06. The minimum Gasteiger partial charge on any atom is -0.492 e. The topological polar surface area (TPSA) is 65.4 Å². The molecule has 9 heteroatoms. The molecule has 0 radical (unpaired) electrons. The molecular weight excluding hydrogens is 370 g/mol. The summed E-state index contributed by atoms with van der Waals surface area (Å²) < 4.78 is 12.7. The quantitative estimate of drug-likeness (QED) is 0.719. The van der Waals surface area contributed by atoms with Crippen LogP contribution < -0.4 is 14.8 Å². The maximum atomic E-state index is 12.5. The summed E-state index contributed by atoms with van der Waals surface area (Å²) in [6.45, 7) is 0. The van der Waals surface area contributed by atoms with E-state index in [9.17, 15) is 4.79 Å². The van der Waals surface area contributed by atoms with Crippen LogP contribution in [0.1, 0.15) is 9.67 Å². The molecule has 126 valence electrons. The van der Waals surface area contributed by atoms with Gasteiger partial charge in [0.25, 0.3) is 5.91 Å². The highest BCUT2D eigenvalue weighted by Crippen LogP contribution is 2.37. The van der Waals surface area contributed by atoms with Crippen LogP contribution in [0.2, 0.25) is 4.34 Å². The summed E-state index contributed by atoms with van der Waals surface area (Å²) in [6, 6.07) is 5.52. The summed E-state index contributed by atoms with van der Waals surface area (Å²) in [5.74, 6) is 1.26. The summed E-state index contributed by atoms with van der Waals surface area (Å²) in [5.41, 5.74) is 0.750. The lowest BCUT2D eigenvalue weighted by atomic mass is 10.3. The number of aryl methyl sites for hydroxylation is 1. The first-order valence-electron chi connectivity index (χ1n) is 6.84. The molecule has 3 rings (SSSR count). The van der Waals surface area contributed by atoms with Crippen LogP contribution in [0.4, 0.5) is 5.82 Å². The Morgan fingerprint density at radius 3 is 2.75 bits per heavy atom. The molecule has 0 saturated heterocycles. The lowest BCUT2D eigenvalue weighted by molar-refractivity contribution is 0.102. The minimum atomic E-state index is -0.279. The first kappa shape index (κ1) is 16.8. The third-order valence-corrected chi connectivity index (χ3v) is 5.48. The van der Waals surface area contributed by atoms with E-state index in [2.05, 4.69) is 10.4 Å². The fraction of sp³-hybridized carbons (Fsp3) is 0.200. The number of carbonyl (C=O) groups is 1. The van der Waals surface area contributed by atoms with Gasteiger partial charge in [0.1, 0.15) is 16.4 Å². The number of rotatable bonds is 5. The molecule has 0 aliphatic rings. The number of methoxy groups -OCH3 is 2. The van der Waals surface area contributed by atoms with Crippen molar-refractivity contribution in [2.75, 3.05) is 19.5 Å². The van der Waals surface area contributed by atoms with Crippen LogP contribution in [-0.4, -0.2) is 29.9 Å². The summed E-state index contributed by atoms with van der Waals surface area (Å²) in [7, 11) is 4.80. The van der Waals surface area contributed by atoms with E-state index in [0.29, 0.717) is 26.5 Å². The Labute approximate surface area is 151 Å². The highest BCUT2D eigenvalue weighted by atomic mass is 35.5. The summed E-state index contributed by atoms with van der Waals surface area (Å²) in [5, 5.41) is 8.98. The highest BCUT2D eigenvalue weighted by molar-refractivity contribution is 7.19. The maximum Gasteiger partial charge on any atom is 0.270 e. The zero-order valence-corrected chi connectivity index (χ0v) is 15.5. The van der Waals surface area contributed by atoms with Crippen molar-refractivity contribution in [3.8, 4) is 22.1 Å². The SMILES string of the molecule is COc1csc(C(=O)Nc2cc(-c3ccc(Cl)s3)nn2C)c1OC. The van der Waals surface area contributed by atoms with E-state index in [-0.39, 0.29) is 5.91 Å². The second-order valence-corrected chi connectivity index (χ2v) is 7.36. The number of halogens is 1. The summed E-state index contributed by atoms with van der Waals surface area (Å²) in [6.07, 6.45) is 0. The van der Waals surface area contributed by atoms with Crippen molar-refractivity contribution in [2.24, 2.45) is 7.05 Å². The van der Waals surface area contributed by atoms with Crippen LogP contribution in [0, 0.1) is 0 Å². The van der Waals surface area contributed by atoms with E-state index in [4.69, 9.17) is 21.1 Å². The van der Waals surface area contributed by atoms with Crippen molar-refractivity contribution >= 4 is 46.0 Å². The number of hydrogen-bond donors (Lipinski definition) is 1. The number of thiophene rings is 2. The Bertz CT molecular complexity index is 885. The Kier molecular flexibility index (Phi) is 4.79. The standard InChI is InChI=1S/C15H14ClN3O3S2/c1-19-12(6-8(18-19)10-4-5-11(16)24-10)17-15(20)14-13(22-3)9(21-2)7-23-14/h4-7H,1-3H3,(H,17,20). The number of anilines is 1. The molecule has 6 nitrogen and oxygen atoms in total. The Hall–Kier alpha value is -2.03. The van der Waals surface area contributed by atoms with E-state index in [1.54, 1.807) is 23.2 Å². The predicted molar refractivity (Wildman–Crippen MR) is 96.9 cm³/mol. The molecule has 0 unspecified atom stereocenters. The normalized spacial score (nSPS) is 10.7. The molecule has 3 aromatic rings. The van der Waals surface area contributed by atoms with Crippen LogP contribution in [0.5, 0.6) is 11.5 Å². The van der Waals surface area contributed by atoms with Gasteiger partial charge in [-0.25, -0.2) is 0 Å². The lowest BCUT2D eigenvalue weighted by Crippen LogP contribution is -2.14. The van der Waals surface area contributed by atoms with Gasteiger partial charge in [0.2, 0.25) is 0 Å². The molecule has 0 fully saturated rings. The third kappa shape index (κ3) is 3.12. The number of amides is 1. The van der Waals surface area contributed by atoms with Gasteiger partial charge in [-0.15, -0.1) is 22.7 Å². The van der Waals surface area contributed by atoms with Crippen LogP contribution in [-0.2, 0) is 7.05 Å². The molecule has 0 aromatic carbocycles. The van der Waals surface area contributed by atoms with E-state index in [1.165, 1.54) is 36.9 Å². The number of ether oxygens (including phenoxy) is 2. The average Bonchev–Trinajstić information content (AvgIpc) is 3.25. The summed E-state index contributed by atoms with van der Waals surface area (Å²) >= 11 is 8.65. The van der Waals surface area contributed by atoms with Crippen molar-refractivity contribution in [1.82, 2.24) is 9.78 Å². The number of nitrogens with zero attached hydrogens (tertiary/aromatic N) is 2. The van der Waals surface area contributed by atoms with Crippen molar-refractivity contribution in [2.45, 2.75) is 0 Å². The molecule has 24 heavy (non-hydrogen) atoms. The molecule has 0 saturated carbocycles. The second kappa shape index (κ2) is 6.84. The Morgan fingerprint density at radius 1 is 1.33 bits per heavy atom. The van der Waals surface area contributed by atoms with Crippen molar-refractivity contribution < 1.29 is 14.3 Å². The predicted octanol–water partition coefficient (Wildman–Crippen LogP) is 4.13. The van der Waals surface area contributed by atoms with Crippen LogP contribution in [0.3, 0.4) is 0 Å². The zero-order valence-electron chi connectivity index (χ0n) is 13.1. The van der Waals surface area contributed by atoms with E-state index < -0.39 is 0 Å². The molecule has 0 aliphatic carbocycles. The first-order valence-corrected chi connectivity index (χ1v) is 8.91. The monoisotopic (exact) mass is 383 g/mol. The minimum absolute atomic E-state index is 0.279. The Morgan fingerprint density at radius 2 is 2.12 bits per heavy atom. The molecule has 0 spiro atoms. The fourth-order valence-electron chi connectivity index (χ4n) is 2.15. The largest absolute Gasteiger partial charge is 0.492 e. The van der Waals surface area contributed by atoms with E-state index in [0.717, 1.165) is 10.6 Å². The second-order valence-electron chi connectivity index (χ2n) is 4.76. The first-order chi connectivity index (χ1) is 11.5. The van der Waals surface area contributed by atoms with Gasteiger partial charge in [0.15, 0.2) is 11.5 Å². The molecule has 3 aromatic heterocycles. The van der Waals surface area contributed by atoms with Crippen LogP contribution in [0.15, 0.2) is 23.6 Å². The van der Waals surface area contributed by atoms with Gasteiger partial charge < -0.3 is 14.8 Å². The third-order valence-electron chi connectivity index (χ3n) is 3.29. The Balaban J connectivity index is 1.85. The van der Waals surface area contributed by atoms with E-state index >= 15 is 0 Å². The van der Waals surface area contributed by atoms with Gasteiger partial charge in [-0.05, 0) is 12.1 Å². The molecule has 3 heterocycles. The highest BCUT2D eigenvalue weighted by Gasteiger charge is 2.21. The van der Waals surface area contributed by atoms with Gasteiger partial charge >= 0.3 is 0 Å². The van der Waals surface area contributed by atoms with Gasteiger partial charge in [0.05, 0.1) is 23.4 Å².